The SMILES string of the molecule is CCCCC[C@@H](O)/C=C/[C@@H]1[C@@H](CCCCC(=O)OC)[C@@H](O)C[C@H]1O. The third-order valence-corrected chi connectivity index (χ3v) is 4.97. The highest BCUT2D eigenvalue weighted by Crippen LogP contribution is 2.37. The molecule has 1 saturated carbocycles. The monoisotopic (exact) mass is 342 g/mol. The fourth-order valence-electron chi connectivity index (χ4n) is 3.48. The number of aliphatic hydroxyl groups excluding tert-OH is 3. The maximum atomic E-state index is 11.1. The summed E-state index contributed by atoms with van der Waals surface area (Å²) >= 11 is 0. The molecule has 0 amide bonds. The first-order chi connectivity index (χ1) is 11.5. The van der Waals surface area contributed by atoms with Crippen molar-refractivity contribution >= 4 is 5.97 Å². The van der Waals surface area contributed by atoms with Crippen molar-refractivity contribution in [3.8, 4) is 0 Å². The largest absolute Gasteiger partial charge is 0.469 e. The third kappa shape index (κ3) is 7.32. The van der Waals surface area contributed by atoms with Crippen LogP contribution in [0.5, 0.6) is 0 Å². The highest BCUT2D eigenvalue weighted by molar-refractivity contribution is 5.68. The lowest BCUT2D eigenvalue weighted by atomic mass is 9.88. The van der Waals surface area contributed by atoms with Crippen molar-refractivity contribution in [3.05, 3.63) is 12.2 Å². The quantitative estimate of drug-likeness (QED) is 0.305. The van der Waals surface area contributed by atoms with Gasteiger partial charge in [-0.2, -0.15) is 0 Å². The summed E-state index contributed by atoms with van der Waals surface area (Å²) in [5, 5.41) is 30.3. The van der Waals surface area contributed by atoms with Gasteiger partial charge in [0.25, 0.3) is 0 Å². The Morgan fingerprint density at radius 1 is 1.21 bits per heavy atom. The molecule has 0 radical (unpaired) electrons. The van der Waals surface area contributed by atoms with E-state index in [0.29, 0.717) is 12.8 Å². The number of methoxy groups -OCH3 is 1. The maximum Gasteiger partial charge on any atom is 0.305 e. The predicted molar refractivity (Wildman–Crippen MR) is 93.4 cm³/mol. The average molecular weight is 342 g/mol. The lowest BCUT2D eigenvalue weighted by Crippen LogP contribution is -2.21. The molecule has 5 heteroatoms. The molecule has 0 aromatic carbocycles. The summed E-state index contributed by atoms with van der Waals surface area (Å²) in [4.78, 5) is 11.1. The molecule has 0 saturated heterocycles. The number of unbranched alkanes of at least 4 members (excludes halogenated alkanes) is 3. The van der Waals surface area contributed by atoms with E-state index in [1.807, 2.05) is 6.08 Å². The number of aliphatic hydroxyl groups is 3. The van der Waals surface area contributed by atoms with Crippen LogP contribution >= 0.6 is 0 Å². The zero-order valence-electron chi connectivity index (χ0n) is 15.1. The maximum absolute atomic E-state index is 11.1. The number of carbonyl (C=O) groups excluding carboxylic acids is 1. The smallest absolute Gasteiger partial charge is 0.305 e. The summed E-state index contributed by atoms with van der Waals surface area (Å²) in [6.45, 7) is 2.13. The molecule has 0 aliphatic heterocycles. The lowest BCUT2D eigenvalue weighted by Gasteiger charge is -2.21. The van der Waals surface area contributed by atoms with Crippen molar-refractivity contribution in [2.75, 3.05) is 7.11 Å². The molecule has 0 spiro atoms. The molecule has 0 heterocycles. The summed E-state index contributed by atoms with van der Waals surface area (Å²) in [6.07, 6.45) is 9.10. The minimum atomic E-state index is -0.565. The van der Waals surface area contributed by atoms with E-state index in [1.165, 1.54) is 7.11 Å². The molecule has 3 N–H and O–H groups in total. The van der Waals surface area contributed by atoms with E-state index < -0.39 is 18.3 Å². The van der Waals surface area contributed by atoms with Crippen molar-refractivity contribution < 1.29 is 24.9 Å². The van der Waals surface area contributed by atoms with Crippen LogP contribution in [-0.2, 0) is 9.53 Å². The van der Waals surface area contributed by atoms with E-state index in [1.54, 1.807) is 6.08 Å². The standard InChI is InChI=1S/C19H34O5/c1-3-4-5-8-14(20)11-12-16-15(17(21)13-18(16)22)9-6-7-10-19(23)24-2/h11-12,14-18,20-22H,3-10,13H2,1-2H3/b12-11+/t14-,15-,16-,17+,18-/m1/s1. The Hall–Kier alpha value is -0.910. The van der Waals surface area contributed by atoms with Gasteiger partial charge in [-0.15, -0.1) is 0 Å². The molecule has 0 unspecified atom stereocenters. The van der Waals surface area contributed by atoms with Crippen molar-refractivity contribution in [1.82, 2.24) is 0 Å². The van der Waals surface area contributed by atoms with Crippen molar-refractivity contribution in [2.45, 2.75) is 83.0 Å². The Morgan fingerprint density at radius 3 is 2.62 bits per heavy atom. The molecule has 1 aliphatic rings. The molecule has 0 bridgehead atoms. The summed E-state index contributed by atoms with van der Waals surface area (Å²) < 4.78 is 4.62. The summed E-state index contributed by atoms with van der Waals surface area (Å²) in [5.41, 5.74) is 0. The topological polar surface area (TPSA) is 87.0 Å². The predicted octanol–water partition coefficient (Wildman–Crippen LogP) is 2.58. The van der Waals surface area contributed by atoms with Crippen molar-refractivity contribution in [3.63, 3.8) is 0 Å². The molecule has 24 heavy (non-hydrogen) atoms. The second-order valence-corrected chi connectivity index (χ2v) is 6.88. The number of hydrogen-bond donors (Lipinski definition) is 3. The Morgan fingerprint density at radius 2 is 1.96 bits per heavy atom. The molecule has 0 aromatic heterocycles. The molecule has 5 nitrogen and oxygen atoms in total. The van der Waals surface area contributed by atoms with Crippen LogP contribution in [0.2, 0.25) is 0 Å². The Labute approximate surface area is 145 Å². The molecule has 140 valence electrons. The number of esters is 1. The first-order valence-corrected chi connectivity index (χ1v) is 9.28. The van der Waals surface area contributed by atoms with Gasteiger partial charge >= 0.3 is 5.97 Å². The number of ether oxygens (including phenoxy) is 1. The molecular formula is C19H34O5. The van der Waals surface area contributed by atoms with Gasteiger partial charge < -0.3 is 20.1 Å². The van der Waals surface area contributed by atoms with Crippen LogP contribution in [0, 0.1) is 11.8 Å². The number of carbonyl (C=O) groups is 1. The highest BCUT2D eigenvalue weighted by Gasteiger charge is 2.39. The summed E-state index contributed by atoms with van der Waals surface area (Å²) in [7, 11) is 1.38. The van der Waals surface area contributed by atoms with Crippen LogP contribution in [0.1, 0.15) is 64.7 Å². The molecule has 0 aromatic rings. The minimum absolute atomic E-state index is 0.0169. The van der Waals surface area contributed by atoms with Gasteiger partial charge in [-0.3, -0.25) is 4.79 Å². The van der Waals surface area contributed by atoms with Gasteiger partial charge in [0.2, 0.25) is 0 Å². The van der Waals surface area contributed by atoms with Gasteiger partial charge in [0, 0.05) is 18.8 Å². The van der Waals surface area contributed by atoms with E-state index in [0.717, 1.165) is 44.9 Å². The first-order valence-electron chi connectivity index (χ1n) is 9.28. The van der Waals surface area contributed by atoms with E-state index in [9.17, 15) is 20.1 Å². The first kappa shape index (κ1) is 21.1. The highest BCUT2D eigenvalue weighted by atomic mass is 16.5. The summed E-state index contributed by atoms with van der Waals surface area (Å²) in [6, 6.07) is 0. The molecular weight excluding hydrogens is 308 g/mol. The van der Waals surface area contributed by atoms with Crippen LogP contribution < -0.4 is 0 Å². The zero-order chi connectivity index (χ0) is 17.9. The van der Waals surface area contributed by atoms with Crippen LogP contribution in [0.15, 0.2) is 12.2 Å². The van der Waals surface area contributed by atoms with Gasteiger partial charge in [0.15, 0.2) is 0 Å². The average Bonchev–Trinajstić information content (AvgIpc) is 2.82. The van der Waals surface area contributed by atoms with Gasteiger partial charge in [-0.25, -0.2) is 0 Å². The fraction of sp³-hybridized carbons (Fsp3) is 0.842. The van der Waals surface area contributed by atoms with Crippen LogP contribution in [0.25, 0.3) is 0 Å². The summed E-state index contributed by atoms with van der Waals surface area (Å²) in [5.74, 6) is -0.357. The second kappa shape index (κ2) is 11.6. The second-order valence-electron chi connectivity index (χ2n) is 6.88. The van der Waals surface area contributed by atoms with Gasteiger partial charge in [-0.05, 0) is 25.2 Å². The normalized spacial score (nSPS) is 28.4. The van der Waals surface area contributed by atoms with Gasteiger partial charge in [-0.1, -0.05) is 44.8 Å². The van der Waals surface area contributed by atoms with E-state index in [-0.39, 0.29) is 17.8 Å². The minimum Gasteiger partial charge on any atom is -0.469 e. The van der Waals surface area contributed by atoms with Crippen LogP contribution in [-0.4, -0.2) is 46.7 Å². The Balaban J connectivity index is 2.45. The van der Waals surface area contributed by atoms with E-state index in [4.69, 9.17) is 0 Å². The molecule has 1 fully saturated rings. The van der Waals surface area contributed by atoms with E-state index >= 15 is 0 Å². The molecule has 5 atom stereocenters. The molecule has 1 aliphatic carbocycles. The van der Waals surface area contributed by atoms with Gasteiger partial charge in [0.1, 0.15) is 0 Å². The molecule has 1 rings (SSSR count). The lowest BCUT2D eigenvalue weighted by molar-refractivity contribution is -0.140. The van der Waals surface area contributed by atoms with Crippen molar-refractivity contribution in [2.24, 2.45) is 11.8 Å². The van der Waals surface area contributed by atoms with Crippen LogP contribution in [0.3, 0.4) is 0 Å². The third-order valence-electron chi connectivity index (χ3n) is 4.97. The Bertz CT molecular complexity index is 382. The van der Waals surface area contributed by atoms with Crippen LogP contribution in [0.4, 0.5) is 0 Å². The van der Waals surface area contributed by atoms with E-state index in [2.05, 4.69) is 11.7 Å². The Kier molecular flexibility index (Phi) is 10.2. The number of rotatable bonds is 11. The van der Waals surface area contributed by atoms with Gasteiger partial charge in [0.05, 0.1) is 25.4 Å². The zero-order valence-corrected chi connectivity index (χ0v) is 15.1. The fourth-order valence-corrected chi connectivity index (χ4v) is 3.48. The van der Waals surface area contributed by atoms with Crippen molar-refractivity contribution in [1.29, 1.82) is 0 Å². The number of hydrogen-bond acceptors (Lipinski definition) is 5.